The molecule has 0 radical (unpaired) electrons. The third-order valence-electron chi connectivity index (χ3n) is 4.82. The van der Waals surface area contributed by atoms with E-state index in [2.05, 4.69) is 27.2 Å². The largest absolute Gasteiger partial charge is 0.480 e. The van der Waals surface area contributed by atoms with Crippen molar-refractivity contribution in [3.05, 3.63) is 94.2 Å². The van der Waals surface area contributed by atoms with Gasteiger partial charge in [0.15, 0.2) is 0 Å². The Morgan fingerprint density at radius 3 is 2.52 bits per heavy atom. The van der Waals surface area contributed by atoms with Crippen LogP contribution >= 0.6 is 0 Å². The molecule has 33 heavy (non-hydrogen) atoms. The number of carboxylic acid groups (broad SMARTS) is 1. The van der Waals surface area contributed by atoms with E-state index in [1.807, 2.05) is 12.1 Å². The molecule has 0 bridgehead atoms. The number of aliphatic carboxylic acids is 1. The lowest BCUT2D eigenvalue weighted by Gasteiger charge is -2.08. The molecule has 0 aliphatic rings. The minimum atomic E-state index is -1.09. The third-order valence-corrected chi connectivity index (χ3v) is 4.82. The van der Waals surface area contributed by atoms with Crippen molar-refractivity contribution in [1.29, 1.82) is 0 Å². The standard InChI is InChI=1S/C24H17N5O4/c25-28-24(33)18-12-21(27-20-7-9-26-13-19(18)20)17-5-3-15(4-6-17)1-2-16-8-10-29(14-23(31)32)22(30)11-16/h3-13H,14,25H2,(H,28,33)(H,31,32). The summed E-state index contributed by atoms with van der Waals surface area (Å²) in [4.78, 5) is 43.6. The van der Waals surface area contributed by atoms with Crippen molar-refractivity contribution in [2.24, 2.45) is 5.84 Å². The number of nitrogens with two attached hydrogens (primary N) is 1. The van der Waals surface area contributed by atoms with Crippen LogP contribution in [0.2, 0.25) is 0 Å². The number of hydrazine groups is 1. The number of amides is 1. The van der Waals surface area contributed by atoms with Crippen LogP contribution in [0.15, 0.2) is 71.9 Å². The lowest BCUT2D eigenvalue weighted by atomic mass is 10.0. The van der Waals surface area contributed by atoms with Gasteiger partial charge < -0.3 is 9.67 Å². The normalized spacial score (nSPS) is 10.3. The van der Waals surface area contributed by atoms with Gasteiger partial charge in [-0.05, 0) is 30.3 Å². The second kappa shape index (κ2) is 9.13. The van der Waals surface area contributed by atoms with E-state index in [-0.39, 0.29) is 0 Å². The van der Waals surface area contributed by atoms with Crippen LogP contribution in [0.1, 0.15) is 21.5 Å². The van der Waals surface area contributed by atoms with Crippen molar-refractivity contribution in [2.75, 3.05) is 0 Å². The van der Waals surface area contributed by atoms with Crippen LogP contribution in [-0.2, 0) is 11.3 Å². The maximum absolute atomic E-state index is 12.2. The SMILES string of the molecule is NNC(=O)c1cc(-c2ccc(C#Cc3ccn(CC(=O)O)c(=O)c3)cc2)nc2ccncc12. The van der Waals surface area contributed by atoms with Crippen LogP contribution in [0.25, 0.3) is 22.2 Å². The van der Waals surface area contributed by atoms with Crippen LogP contribution in [0.4, 0.5) is 0 Å². The molecule has 0 aliphatic heterocycles. The molecule has 3 heterocycles. The summed E-state index contributed by atoms with van der Waals surface area (Å²) in [6.07, 6.45) is 4.57. The van der Waals surface area contributed by atoms with E-state index in [4.69, 9.17) is 10.9 Å². The molecule has 0 atom stereocenters. The number of hydrogen-bond acceptors (Lipinski definition) is 6. The molecular weight excluding hydrogens is 422 g/mol. The molecule has 4 aromatic rings. The predicted molar refractivity (Wildman–Crippen MR) is 121 cm³/mol. The number of carboxylic acids is 1. The van der Waals surface area contributed by atoms with E-state index in [1.54, 1.807) is 42.7 Å². The summed E-state index contributed by atoms with van der Waals surface area (Å²) in [5.74, 6) is 9.66. The average molecular weight is 439 g/mol. The van der Waals surface area contributed by atoms with Gasteiger partial charge in [-0.1, -0.05) is 24.0 Å². The number of carbonyl (C=O) groups is 2. The molecule has 0 fully saturated rings. The first-order valence-corrected chi connectivity index (χ1v) is 9.75. The molecule has 0 unspecified atom stereocenters. The molecule has 9 heteroatoms. The lowest BCUT2D eigenvalue weighted by molar-refractivity contribution is -0.137. The second-order valence-corrected chi connectivity index (χ2v) is 7.02. The minimum absolute atomic E-state index is 0.368. The van der Waals surface area contributed by atoms with Crippen LogP contribution in [0.5, 0.6) is 0 Å². The van der Waals surface area contributed by atoms with E-state index >= 15 is 0 Å². The Labute approximate surface area is 187 Å². The summed E-state index contributed by atoms with van der Waals surface area (Å²) in [6.45, 7) is -0.401. The summed E-state index contributed by atoms with van der Waals surface area (Å²) in [7, 11) is 0. The van der Waals surface area contributed by atoms with E-state index in [1.165, 1.54) is 12.3 Å². The predicted octanol–water partition coefficient (Wildman–Crippen LogP) is 1.55. The Morgan fingerprint density at radius 2 is 1.82 bits per heavy atom. The zero-order valence-corrected chi connectivity index (χ0v) is 17.1. The van der Waals surface area contributed by atoms with Gasteiger partial charge in [-0.15, -0.1) is 0 Å². The first kappa shape index (κ1) is 21.4. The van der Waals surface area contributed by atoms with Crippen molar-refractivity contribution in [3.63, 3.8) is 0 Å². The molecular formula is C24H17N5O4. The summed E-state index contributed by atoms with van der Waals surface area (Å²) in [6, 6.07) is 13.5. The summed E-state index contributed by atoms with van der Waals surface area (Å²) in [5, 5.41) is 9.40. The summed E-state index contributed by atoms with van der Waals surface area (Å²) < 4.78 is 1.09. The Morgan fingerprint density at radius 1 is 1.06 bits per heavy atom. The molecule has 162 valence electrons. The van der Waals surface area contributed by atoms with Gasteiger partial charge in [-0.3, -0.25) is 24.8 Å². The summed E-state index contributed by atoms with van der Waals surface area (Å²) in [5.41, 5.74) is 5.25. The highest BCUT2D eigenvalue weighted by molar-refractivity contribution is 6.06. The lowest BCUT2D eigenvalue weighted by Crippen LogP contribution is -2.30. The number of rotatable bonds is 4. The van der Waals surface area contributed by atoms with Crippen molar-refractivity contribution in [1.82, 2.24) is 20.0 Å². The Kier molecular flexibility index (Phi) is 5.93. The molecule has 0 saturated heterocycles. The van der Waals surface area contributed by atoms with Gasteiger partial charge in [0.1, 0.15) is 6.54 Å². The maximum Gasteiger partial charge on any atom is 0.323 e. The van der Waals surface area contributed by atoms with Gasteiger partial charge in [0.05, 0.1) is 16.8 Å². The first-order valence-electron chi connectivity index (χ1n) is 9.75. The Hall–Kier alpha value is -4.81. The highest BCUT2D eigenvalue weighted by Gasteiger charge is 2.13. The van der Waals surface area contributed by atoms with Gasteiger partial charge in [0, 0.05) is 46.7 Å². The molecule has 0 saturated carbocycles. The van der Waals surface area contributed by atoms with Crippen molar-refractivity contribution in [2.45, 2.75) is 6.54 Å². The van der Waals surface area contributed by atoms with Crippen LogP contribution < -0.4 is 16.8 Å². The van der Waals surface area contributed by atoms with E-state index in [9.17, 15) is 14.4 Å². The molecule has 4 rings (SSSR count). The van der Waals surface area contributed by atoms with Gasteiger partial charge in [-0.25, -0.2) is 10.8 Å². The number of nitrogens with one attached hydrogen (secondary N) is 1. The highest BCUT2D eigenvalue weighted by Crippen LogP contribution is 2.24. The molecule has 1 aromatic carbocycles. The van der Waals surface area contributed by atoms with Crippen molar-refractivity contribution < 1.29 is 14.7 Å². The van der Waals surface area contributed by atoms with E-state index in [0.29, 0.717) is 33.3 Å². The number of benzene rings is 1. The van der Waals surface area contributed by atoms with Gasteiger partial charge >= 0.3 is 5.97 Å². The Bertz CT molecular complexity index is 1500. The van der Waals surface area contributed by atoms with Gasteiger partial charge in [0.25, 0.3) is 11.5 Å². The van der Waals surface area contributed by atoms with Crippen LogP contribution in [0, 0.1) is 11.8 Å². The molecule has 0 aliphatic carbocycles. The fourth-order valence-corrected chi connectivity index (χ4v) is 3.21. The molecule has 1 amide bonds. The summed E-state index contributed by atoms with van der Waals surface area (Å²) >= 11 is 0. The zero-order chi connectivity index (χ0) is 23.4. The number of carbonyl (C=O) groups excluding carboxylic acids is 1. The van der Waals surface area contributed by atoms with Crippen LogP contribution in [-0.4, -0.2) is 31.5 Å². The number of nitrogens with zero attached hydrogens (tertiary/aromatic N) is 3. The fourth-order valence-electron chi connectivity index (χ4n) is 3.21. The maximum atomic E-state index is 12.2. The number of aromatic nitrogens is 3. The topological polar surface area (TPSA) is 140 Å². The Balaban J connectivity index is 1.62. The molecule has 4 N–H and O–H groups in total. The fraction of sp³-hybridized carbons (Fsp3) is 0.0417. The van der Waals surface area contributed by atoms with E-state index in [0.717, 1.165) is 10.1 Å². The molecule has 9 nitrogen and oxygen atoms in total. The number of hydrogen-bond donors (Lipinski definition) is 3. The molecule has 0 spiro atoms. The highest BCUT2D eigenvalue weighted by atomic mass is 16.4. The second-order valence-electron chi connectivity index (χ2n) is 7.02. The quantitative estimate of drug-likeness (QED) is 0.190. The smallest absolute Gasteiger partial charge is 0.323 e. The van der Waals surface area contributed by atoms with Gasteiger partial charge in [0.2, 0.25) is 0 Å². The monoisotopic (exact) mass is 439 g/mol. The first-order chi connectivity index (χ1) is 15.9. The zero-order valence-electron chi connectivity index (χ0n) is 17.1. The number of nitrogen functional groups attached to an aromatic ring is 1. The van der Waals surface area contributed by atoms with E-state index < -0.39 is 24.0 Å². The number of fused-ring (bicyclic) bond motifs is 1. The third kappa shape index (κ3) is 4.76. The van der Waals surface area contributed by atoms with Gasteiger partial charge in [-0.2, -0.15) is 0 Å². The average Bonchev–Trinajstić information content (AvgIpc) is 2.83. The molecule has 3 aromatic heterocycles. The number of pyridine rings is 3. The van der Waals surface area contributed by atoms with Crippen molar-refractivity contribution in [3.8, 4) is 23.1 Å². The van der Waals surface area contributed by atoms with Crippen molar-refractivity contribution >= 4 is 22.8 Å². The minimum Gasteiger partial charge on any atom is -0.480 e. The van der Waals surface area contributed by atoms with Crippen LogP contribution in [0.3, 0.4) is 0 Å².